The summed E-state index contributed by atoms with van der Waals surface area (Å²) in [6, 6.07) is 0. The molecule has 0 saturated heterocycles. The van der Waals surface area contributed by atoms with Gasteiger partial charge in [0.1, 0.15) is 0 Å². The van der Waals surface area contributed by atoms with E-state index >= 15 is 0 Å². The minimum absolute atomic E-state index is 0. The zero-order valence-corrected chi connectivity index (χ0v) is 13.5. The van der Waals surface area contributed by atoms with Gasteiger partial charge in [0, 0.05) is 13.1 Å². The molecule has 0 atom stereocenters. The van der Waals surface area contributed by atoms with E-state index in [2.05, 4.69) is 34.4 Å². The maximum atomic E-state index is 10.7. The molecular formula is C8H12Cu2N6O2S2. The fraction of sp³-hybridized carbons (Fsp3) is 0.500. The van der Waals surface area contributed by atoms with Crippen molar-refractivity contribution in [1.82, 2.24) is 0 Å². The van der Waals surface area contributed by atoms with E-state index in [1.807, 2.05) is 0 Å². The number of thiocarbonyl (C=S) groups is 2. The first-order chi connectivity index (χ1) is 8.55. The molecule has 0 aromatic carbocycles. The predicted octanol–water partition coefficient (Wildman–Crippen LogP) is -2.27. The van der Waals surface area contributed by atoms with E-state index in [0.717, 1.165) is 0 Å². The van der Waals surface area contributed by atoms with Crippen molar-refractivity contribution < 1.29 is 44.4 Å². The largest absolute Gasteiger partial charge is 2.00 e. The first-order valence-corrected chi connectivity index (χ1v) is 5.23. The molecule has 0 aliphatic rings. The monoisotopic (exact) mass is 414 g/mol. The molecule has 0 heterocycles. The SMILES string of the molecule is NCCN=C([O-])C([O-])=NCCN.[Cu+2].[Cu+2].[N-]=C=S.[N-]=C=S. The summed E-state index contributed by atoms with van der Waals surface area (Å²) in [5, 5.41) is 38.3. The molecule has 0 aromatic heterocycles. The van der Waals surface area contributed by atoms with Crippen LogP contribution in [0.5, 0.6) is 0 Å². The molecule has 12 heteroatoms. The second-order valence-electron chi connectivity index (χ2n) is 2.13. The Morgan fingerprint density at radius 3 is 1.25 bits per heavy atom. The molecule has 0 fully saturated rings. The van der Waals surface area contributed by atoms with Crippen molar-refractivity contribution in [2.24, 2.45) is 21.5 Å². The second kappa shape index (κ2) is 31.1. The average molecular weight is 415 g/mol. The number of nitrogens with zero attached hydrogens (tertiary/aromatic N) is 4. The standard InChI is InChI=1S/C6H14N4O2.2CNS.2Cu/c7-1-3-9-5(11)6(12)10-4-2-8;2*2-1-3;;/h1-4,7-8H2,(H,9,11)(H,10,12);;;;/q;2*-1;2*+2/p-2. The van der Waals surface area contributed by atoms with Gasteiger partial charge in [-0.2, -0.15) is 10.3 Å². The summed E-state index contributed by atoms with van der Waals surface area (Å²) in [4.78, 5) is 6.69. The quantitative estimate of drug-likeness (QED) is 0.227. The van der Waals surface area contributed by atoms with Crippen molar-refractivity contribution in [2.75, 3.05) is 26.2 Å². The Labute approximate surface area is 149 Å². The molecule has 0 bridgehead atoms. The van der Waals surface area contributed by atoms with Crippen LogP contribution in [-0.2, 0) is 34.1 Å². The van der Waals surface area contributed by atoms with Crippen LogP contribution in [0.2, 0.25) is 0 Å². The van der Waals surface area contributed by atoms with Crippen molar-refractivity contribution in [3.63, 3.8) is 0 Å². The molecular weight excluding hydrogens is 403 g/mol. The maximum Gasteiger partial charge on any atom is 2.00 e. The van der Waals surface area contributed by atoms with Crippen LogP contribution in [0.1, 0.15) is 0 Å². The summed E-state index contributed by atoms with van der Waals surface area (Å²) in [7, 11) is 0. The van der Waals surface area contributed by atoms with Gasteiger partial charge in [-0.15, -0.1) is 0 Å². The van der Waals surface area contributed by atoms with Crippen LogP contribution in [0.3, 0.4) is 0 Å². The van der Waals surface area contributed by atoms with Crippen molar-refractivity contribution in [1.29, 1.82) is 0 Å². The molecule has 0 amide bonds. The van der Waals surface area contributed by atoms with Gasteiger partial charge in [-0.05, 0) is 11.8 Å². The fourth-order valence-corrected chi connectivity index (χ4v) is 0.467. The molecule has 0 aliphatic heterocycles. The van der Waals surface area contributed by atoms with Gasteiger partial charge in [0.2, 0.25) is 0 Å². The first kappa shape index (κ1) is 31.7. The van der Waals surface area contributed by atoms with Gasteiger partial charge >= 0.3 is 34.1 Å². The minimum atomic E-state index is -0.853. The molecule has 0 unspecified atom stereocenters. The van der Waals surface area contributed by atoms with Crippen molar-refractivity contribution in [2.45, 2.75) is 0 Å². The summed E-state index contributed by atoms with van der Waals surface area (Å²) in [6.07, 6.45) is 0. The van der Waals surface area contributed by atoms with E-state index in [0.29, 0.717) is 0 Å². The van der Waals surface area contributed by atoms with Crippen LogP contribution in [0.15, 0.2) is 9.98 Å². The van der Waals surface area contributed by atoms with Crippen LogP contribution in [0.25, 0.3) is 10.8 Å². The Morgan fingerprint density at radius 2 is 1.10 bits per heavy atom. The van der Waals surface area contributed by atoms with Gasteiger partial charge in [0.25, 0.3) is 0 Å². The van der Waals surface area contributed by atoms with Crippen molar-refractivity contribution >= 4 is 46.6 Å². The molecule has 0 aromatic rings. The van der Waals surface area contributed by atoms with E-state index in [-0.39, 0.29) is 60.3 Å². The Hall–Kier alpha value is -0.501. The van der Waals surface area contributed by atoms with Gasteiger partial charge in [-0.25, -0.2) is 0 Å². The molecule has 4 N–H and O–H groups in total. The van der Waals surface area contributed by atoms with Crippen molar-refractivity contribution in [3.05, 3.63) is 10.8 Å². The molecule has 0 saturated carbocycles. The van der Waals surface area contributed by atoms with E-state index in [9.17, 15) is 10.2 Å². The number of rotatable bonds is 4. The summed E-state index contributed by atoms with van der Waals surface area (Å²) in [5.74, 6) is -1.71. The Bertz CT molecular complexity index is 297. The summed E-state index contributed by atoms with van der Waals surface area (Å²) in [6.45, 7) is 0.803. The molecule has 0 aliphatic carbocycles. The molecule has 120 valence electrons. The van der Waals surface area contributed by atoms with Crippen LogP contribution < -0.4 is 21.7 Å². The third kappa shape index (κ3) is 36.0. The van der Waals surface area contributed by atoms with Gasteiger partial charge in [-0.1, -0.05) is 24.4 Å². The molecule has 20 heavy (non-hydrogen) atoms. The number of isothiocyanates is 2. The zero-order chi connectivity index (χ0) is 14.8. The Morgan fingerprint density at radius 1 is 0.900 bits per heavy atom. The van der Waals surface area contributed by atoms with E-state index in [1.54, 1.807) is 0 Å². The van der Waals surface area contributed by atoms with Gasteiger partial charge in [-0.3, -0.25) is 9.98 Å². The molecule has 8 nitrogen and oxygen atoms in total. The normalized spacial score (nSPS) is 8.90. The number of hydrogen-bond acceptors (Lipinski definition) is 8. The topological polar surface area (TPSA) is 167 Å². The average Bonchev–Trinajstić information content (AvgIpc) is 2.34. The number of hydrogen-bond donors (Lipinski definition) is 2. The summed E-state index contributed by atoms with van der Waals surface area (Å²) < 4.78 is 0. The third-order valence-corrected chi connectivity index (χ3v) is 0.952. The van der Waals surface area contributed by atoms with E-state index < -0.39 is 11.8 Å². The second-order valence-corrected chi connectivity index (χ2v) is 2.50. The predicted molar refractivity (Wildman–Crippen MR) is 74.6 cm³/mol. The number of aliphatic imine (C=N–C) groups is 2. The van der Waals surface area contributed by atoms with E-state index in [4.69, 9.17) is 22.3 Å². The smallest absolute Gasteiger partial charge is 0.858 e. The minimum Gasteiger partial charge on any atom is -0.858 e. The van der Waals surface area contributed by atoms with Crippen LogP contribution in [0.4, 0.5) is 0 Å². The molecule has 2 radical (unpaired) electrons. The maximum absolute atomic E-state index is 10.7. The molecule has 0 spiro atoms. The van der Waals surface area contributed by atoms with Gasteiger partial charge in [0.05, 0.1) is 13.1 Å². The Kier molecular flexibility index (Phi) is 49.3. The van der Waals surface area contributed by atoms with Crippen LogP contribution >= 0.6 is 24.4 Å². The van der Waals surface area contributed by atoms with Crippen LogP contribution in [-0.4, -0.2) is 48.3 Å². The van der Waals surface area contributed by atoms with Gasteiger partial charge in [0.15, 0.2) is 0 Å². The first-order valence-electron chi connectivity index (χ1n) is 4.41. The zero-order valence-electron chi connectivity index (χ0n) is 10.0. The molecule has 0 rings (SSSR count). The summed E-state index contributed by atoms with van der Waals surface area (Å²) in [5.41, 5.74) is 10.1. The Balaban J connectivity index is -0.0000000805. The number of nitrogens with two attached hydrogens (primary N) is 2. The van der Waals surface area contributed by atoms with Crippen LogP contribution in [0, 0.1) is 0 Å². The van der Waals surface area contributed by atoms with Crippen molar-refractivity contribution in [3.8, 4) is 0 Å². The third-order valence-electron chi connectivity index (χ3n) is 0.952. The summed E-state index contributed by atoms with van der Waals surface area (Å²) >= 11 is 7.40. The van der Waals surface area contributed by atoms with E-state index in [1.165, 1.54) is 10.3 Å². The fourth-order valence-electron chi connectivity index (χ4n) is 0.467. The van der Waals surface area contributed by atoms with Gasteiger partial charge < -0.3 is 32.5 Å².